The van der Waals surface area contributed by atoms with Crippen LogP contribution in [-0.4, -0.2) is 14.3 Å². The topological polar surface area (TPSA) is 89.3 Å². The van der Waals surface area contributed by atoms with Gasteiger partial charge in [-0.2, -0.15) is 0 Å². The zero-order valence-corrected chi connectivity index (χ0v) is 18.8. The minimum Gasteiger partial charge on any atom is -0.348 e. The molecule has 0 fully saturated rings. The van der Waals surface area contributed by atoms with Crippen molar-refractivity contribution in [3.05, 3.63) is 93.5 Å². The van der Waals surface area contributed by atoms with Crippen molar-refractivity contribution < 1.29 is 13.2 Å². The van der Waals surface area contributed by atoms with Gasteiger partial charge in [0.05, 0.1) is 9.92 Å². The highest BCUT2D eigenvalue weighted by molar-refractivity contribution is 7.98. The molecule has 0 bridgehead atoms. The summed E-state index contributed by atoms with van der Waals surface area (Å²) in [6.45, 7) is 0.180. The van der Waals surface area contributed by atoms with E-state index in [4.69, 9.17) is 28.3 Å². The molecule has 3 aromatic carbocycles. The van der Waals surface area contributed by atoms with Gasteiger partial charge in [-0.3, -0.25) is 4.79 Å². The van der Waals surface area contributed by atoms with Crippen LogP contribution in [0.25, 0.3) is 0 Å². The number of benzene rings is 3. The van der Waals surface area contributed by atoms with Crippen LogP contribution in [0.4, 0.5) is 0 Å². The lowest BCUT2D eigenvalue weighted by Gasteiger charge is -2.09. The summed E-state index contributed by atoms with van der Waals surface area (Å²) < 4.78 is 22.9. The number of carbonyl (C=O) groups is 1. The van der Waals surface area contributed by atoms with Crippen molar-refractivity contribution in [1.82, 2.24) is 5.32 Å². The molecule has 3 rings (SSSR count). The molecule has 0 saturated heterocycles. The number of nitrogens with two attached hydrogens (primary N) is 1. The minimum atomic E-state index is -3.79. The summed E-state index contributed by atoms with van der Waals surface area (Å²) in [5.74, 6) is 0.362. The number of amides is 1. The number of halogens is 2. The van der Waals surface area contributed by atoms with E-state index >= 15 is 0 Å². The Hall–Kier alpha value is -2.03. The maximum absolute atomic E-state index is 12.5. The van der Waals surface area contributed by atoms with Gasteiger partial charge in [-0.1, -0.05) is 47.5 Å². The first-order chi connectivity index (χ1) is 14.2. The molecule has 0 spiro atoms. The average Bonchev–Trinajstić information content (AvgIpc) is 2.72. The fourth-order valence-corrected chi connectivity index (χ4v) is 4.69. The molecule has 30 heavy (non-hydrogen) atoms. The van der Waals surface area contributed by atoms with Crippen molar-refractivity contribution >= 4 is 50.9 Å². The highest BCUT2D eigenvalue weighted by Crippen LogP contribution is 2.32. The summed E-state index contributed by atoms with van der Waals surface area (Å²) in [5, 5.41) is 9.17. The summed E-state index contributed by atoms with van der Waals surface area (Å²) in [4.78, 5) is 13.4. The SMILES string of the molecule is NS(=O)(=O)c1cccc(CNC(=O)c2cccc(CSc3cc(Cl)ccc3Cl)c2)c1. The molecule has 3 aromatic rings. The van der Waals surface area contributed by atoms with Crippen LogP contribution in [0, 0.1) is 0 Å². The molecular formula is C21H18Cl2N2O3S2. The Labute approximate surface area is 189 Å². The number of rotatable bonds is 7. The quantitative estimate of drug-likeness (QED) is 0.472. The highest BCUT2D eigenvalue weighted by Gasteiger charge is 2.10. The van der Waals surface area contributed by atoms with E-state index in [2.05, 4.69) is 5.32 Å². The number of primary sulfonamides is 1. The van der Waals surface area contributed by atoms with E-state index in [9.17, 15) is 13.2 Å². The van der Waals surface area contributed by atoms with Crippen molar-refractivity contribution in [3.63, 3.8) is 0 Å². The van der Waals surface area contributed by atoms with Gasteiger partial charge in [-0.15, -0.1) is 11.8 Å². The number of thioether (sulfide) groups is 1. The summed E-state index contributed by atoms with van der Waals surface area (Å²) in [5.41, 5.74) is 2.10. The standard InChI is InChI=1S/C21H18Cl2N2O3S2/c22-17-7-8-19(23)20(11-17)29-13-15-4-1-5-16(9-15)21(26)25-12-14-3-2-6-18(10-14)30(24,27)28/h1-11H,12-13H2,(H,25,26)(H2,24,27,28). The van der Waals surface area contributed by atoms with E-state index in [0.29, 0.717) is 26.9 Å². The largest absolute Gasteiger partial charge is 0.348 e. The molecule has 1 amide bonds. The predicted octanol–water partition coefficient (Wildman–Crippen LogP) is 4.86. The third-order valence-corrected chi connectivity index (χ3v) is 6.87. The van der Waals surface area contributed by atoms with Gasteiger partial charge in [0.25, 0.3) is 5.91 Å². The van der Waals surface area contributed by atoms with Crippen LogP contribution in [0.3, 0.4) is 0 Å². The van der Waals surface area contributed by atoms with Crippen LogP contribution < -0.4 is 10.5 Å². The van der Waals surface area contributed by atoms with Crippen molar-refractivity contribution in [1.29, 1.82) is 0 Å². The predicted molar refractivity (Wildman–Crippen MR) is 121 cm³/mol. The molecule has 156 valence electrons. The van der Waals surface area contributed by atoms with E-state index in [0.717, 1.165) is 10.5 Å². The molecule has 0 aliphatic heterocycles. The second-order valence-electron chi connectivity index (χ2n) is 6.44. The molecule has 0 unspecified atom stereocenters. The normalized spacial score (nSPS) is 11.3. The van der Waals surface area contributed by atoms with Crippen LogP contribution in [-0.2, 0) is 22.3 Å². The van der Waals surface area contributed by atoms with Gasteiger partial charge in [0.15, 0.2) is 0 Å². The molecule has 0 heterocycles. The molecule has 0 radical (unpaired) electrons. The van der Waals surface area contributed by atoms with Crippen molar-refractivity contribution in [2.75, 3.05) is 0 Å². The molecule has 0 atom stereocenters. The Bertz CT molecular complexity index is 1180. The van der Waals surface area contributed by atoms with Gasteiger partial charge < -0.3 is 5.32 Å². The number of hydrogen-bond acceptors (Lipinski definition) is 4. The Balaban J connectivity index is 1.64. The molecule has 5 nitrogen and oxygen atoms in total. The van der Waals surface area contributed by atoms with E-state index < -0.39 is 10.0 Å². The van der Waals surface area contributed by atoms with Crippen molar-refractivity contribution in [3.8, 4) is 0 Å². The number of sulfonamides is 1. The lowest BCUT2D eigenvalue weighted by molar-refractivity contribution is 0.0951. The molecule has 9 heteroatoms. The van der Waals surface area contributed by atoms with E-state index in [1.165, 1.54) is 23.9 Å². The molecule has 0 aliphatic rings. The fourth-order valence-electron chi connectivity index (χ4n) is 2.67. The molecule has 0 aliphatic carbocycles. The zero-order chi connectivity index (χ0) is 21.7. The Morgan fingerprint density at radius 2 is 1.70 bits per heavy atom. The monoisotopic (exact) mass is 480 g/mol. The van der Waals surface area contributed by atoms with Crippen LogP contribution >= 0.6 is 35.0 Å². The molecule has 0 aromatic heterocycles. The summed E-state index contributed by atoms with van der Waals surface area (Å²) in [6, 6.07) is 18.7. The number of nitrogens with one attached hydrogen (secondary N) is 1. The van der Waals surface area contributed by atoms with Gasteiger partial charge in [0.1, 0.15) is 0 Å². The van der Waals surface area contributed by atoms with Gasteiger partial charge in [0.2, 0.25) is 10.0 Å². The second kappa shape index (κ2) is 9.85. The second-order valence-corrected chi connectivity index (χ2v) is 9.86. The third kappa shape index (κ3) is 6.23. The van der Waals surface area contributed by atoms with Gasteiger partial charge >= 0.3 is 0 Å². The number of carbonyl (C=O) groups excluding carboxylic acids is 1. The molecule has 0 saturated carbocycles. The zero-order valence-electron chi connectivity index (χ0n) is 15.6. The first kappa shape index (κ1) is 22.7. The fraction of sp³-hybridized carbons (Fsp3) is 0.0952. The third-order valence-electron chi connectivity index (χ3n) is 4.16. The molecular weight excluding hydrogens is 463 g/mol. The number of hydrogen-bond donors (Lipinski definition) is 2. The Kier molecular flexibility index (Phi) is 7.44. The van der Waals surface area contributed by atoms with Crippen molar-refractivity contribution in [2.24, 2.45) is 5.14 Å². The lowest BCUT2D eigenvalue weighted by Crippen LogP contribution is -2.23. The smallest absolute Gasteiger partial charge is 0.251 e. The van der Waals surface area contributed by atoms with Gasteiger partial charge in [-0.25, -0.2) is 13.6 Å². The Morgan fingerprint density at radius 3 is 2.47 bits per heavy atom. The maximum atomic E-state index is 12.5. The van der Waals surface area contributed by atoms with Gasteiger partial charge in [-0.05, 0) is 53.6 Å². The first-order valence-corrected chi connectivity index (χ1v) is 12.1. The van der Waals surface area contributed by atoms with E-state index in [1.54, 1.807) is 36.4 Å². The summed E-state index contributed by atoms with van der Waals surface area (Å²) >= 11 is 13.7. The molecule has 3 N–H and O–H groups in total. The highest BCUT2D eigenvalue weighted by atomic mass is 35.5. The van der Waals surface area contributed by atoms with Gasteiger partial charge in [0, 0.05) is 27.8 Å². The van der Waals surface area contributed by atoms with Crippen LogP contribution in [0.15, 0.2) is 76.5 Å². The van der Waals surface area contributed by atoms with Crippen LogP contribution in [0.5, 0.6) is 0 Å². The average molecular weight is 481 g/mol. The van der Waals surface area contributed by atoms with Crippen LogP contribution in [0.2, 0.25) is 10.0 Å². The van der Waals surface area contributed by atoms with Crippen LogP contribution in [0.1, 0.15) is 21.5 Å². The van der Waals surface area contributed by atoms with E-state index in [1.807, 2.05) is 18.2 Å². The van der Waals surface area contributed by atoms with E-state index in [-0.39, 0.29) is 17.3 Å². The van der Waals surface area contributed by atoms with Crippen molar-refractivity contribution in [2.45, 2.75) is 22.1 Å². The minimum absolute atomic E-state index is 0.00736. The maximum Gasteiger partial charge on any atom is 0.251 e. The summed E-state index contributed by atoms with van der Waals surface area (Å²) in [6.07, 6.45) is 0. The summed E-state index contributed by atoms with van der Waals surface area (Å²) in [7, 11) is -3.79. The Morgan fingerprint density at radius 1 is 0.967 bits per heavy atom. The first-order valence-electron chi connectivity index (χ1n) is 8.79. The lowest BCUT2D eigenvalue weighted by atomic mass is 10.1.